The number of carbonyl (C=O) groups excluding carboxylic acids is 2. The fraction of sp³-hybridized carbons (Fsp3) is 0.640. The van der Waals surface area contributed by atoms with Gasteiger partial charge < -0.3 is 19.1 Å². The van der Waals surface area contributed by atoms with E-state index in [2.05, 4.69) is 15.1 Å². The van der Waals surface area contributed by atoms with Crippen molar-refractivity contribution in [1.29, 1.82) is 0 Å². The first kappa shape index (κ1) is 24.9. The summed E-state index contributed by atoms with van der Waals surface area (Å²) in [6.07, 6.45) is 8.65. The van der Waals surface area contributed by atoms with Crippen LogP contribution < -0.4 is 4.74 Å². The molecule has 190 valence electrons. The van der Waals surface area contributed by atoms with Crippen molar-refractivity contribution in [2.45, 2.75) is 65.1 Å². The van der Waals surface area contributed by atoms with E-state index in [9.17, 15) is 9.59 Å². The summed E-state index contributed by atoms with van der Waals surface area (Å²) in [5.41, 5.74) is 2.78. The van der Waals surface area contributed by atoms with Crippen LogP contribution in [0.3, 0.4) is 0 Å². The lowest BCUT2D eigenvalue weighted by Crippen LogP contribution is -2.34. The Morgan fingerprint density at radius 2 is 1.97 bits per heavy atom. The second-order valence-corrected chi connectivity index (χ2v) is 9.51. The number of hydrogen-bond acceptors (Lipinski definition) is 8. The van der Waals surface area contributed by atoms with E-state index in [0.29, 0.717) is 36.2 Å². The molecule has 2 fully saturated rings. The molecule has 2 saturated carbocycles. The van der Waals surface area contributed by atoms with Gasteiger partial charge in [-0.3, -0.25) is 9.48 Å². The molecule has 0 radical (unpaired) electrons. The van der Waals surface area contributed by atoms with Crippen molar-refractivity contribution < 1.29 is 23.8 Å². The van der Waals surface area contributed by atoms with Gasteiger partial charge in [-0.1, -0.05) is 6.42 Å². The topological polar surface area (TPSA) is 109 Å². The Bertz CT molecular complexity index is 1050. The standard InChI is InChI=1S/C25H35N5O5/c1-5-33-24(31)18-9-10-19(11-18)35-23-16(2)28-21(13-26-23)20-12-27-30(4)22(20)15-34-25(32)29(3)14-17-7-6-8-17/h12-13,17-19H,5-11,14-15H2,1-4H3/t18?,19-/m0/s1. The Kier molecular flexibility index (Phi) is 7.87. The van der Waals surface area contributed by atoms with E-state index >= 15 is 0 Å². The number of nitrogens with zero attached hydrogens (tertiary/aromatic N) is 5. The van der Waals surface area contributed by atoms with Gasteiger partial charge in [-0.05, 0) is 51.9 Å². The fourth-order valence-corrected chi connectivity index (χ4v) is 4.62. The summed E-state index contributed by atoms with van der Waals surface area (Å²) in [5, 5.41) is 4.33. The quantitative estimate of drug-likeness (QED) is 0.495. The van der Waals surface area contributed by atoms with Gasteiger partial charge in [0.25, 0.3) is 0 Å². The molecule has 2 aliphatic carbocycles. The molecule has 0 bridgehead atoms. The van der Waals surface area contributed by atoms with Crippen LogP contribution in [0.4, 0.5) is 4.79 Å². The van der Waals surface area contributed by atoms with Crippen molar-refractivity contribution in [3.05, 3.63) is 23.8 Å². The minimum atomic E-state index is -0.340. The second-order valence-electron chi connectivity index (χ2n) is 9.51. The summed E-state index contributed by atoms with van der Waals surface area (Å²) >= 11 is 0. The lowest BCUT2D eigenvalue weighted by Gasteiger charge is -2.29. The van der Waals surface area contributed by atoms with Crippen LogP contribution in [0, 0.1) is 18.8 Å². The van der Waals surface area contributed by atoms with Gasteiger partial charge in [-0.15, -0.1) is 0 Å². The summed E-state index contributed by atoms with van der Waals surface area (Å²) in [7, 11) is 3.58. The molecule has 2 aliphatic rings. The third kappa shape index (κ3) is 5.91. The van der Waals surface area contributed by atoms with Gasteiger partial charge in [0, 0.05) is 26.2 Å². The molecule has 2 atom stereocenters. The maximum atomic E-state index is 12.4. The molecule has 10 heteroatoms. The third-order valence-electron chi connectivity index (χ3n) is 6.92. The zero-order valence-electron chi connectivity index (χ0n) is 21.0. The first-order chi connectivity index (χ1) is 16.9. The number of esters is 1. The number of aromatic nitrogens is 4. The molecule has 0 aromatic carbocycles. The second kappa shape index (κ2) is 11.0. The molecular weight excluding hydrogens is 450 g/mol. The molecule has 2 heterocycles. The summed E-state index contributed by atoms with van der Waals surface area (Å²) in [6, 6.07) is 0. The molecule has 0 aliphatic heterocycles. The number of hydrogen-bond donors (Lipinski definition) is 0. The fourth-order valence-electron chi connectivity index (χ4n) is 4.62. The number of rotatable bonds is 9. The highest BCUT2D eigenvalue weighted by molar-refractivity contribution is 5.72. The SMILES string of the molecule is CCOC(=O)C1CC[C@H](Oc2ncc(-c3cnn(C)c3COC(=O)N(C)CC3CCC3)nc2C)C1. The van der Waals surface area contributed by atoms with Gasteiger partial charge in [-0.25, -0.2) is 14.8 Å². The van der Waals surface area contributed by atoms with Gasteiger partial charge >= 0.3 is 12.1 Å². The van der Waals surface area contributed by atoms with Crippen molar-refractivity contribution in [1.82, 2.24) is 24.6 Å². The average Bonchev–Trinajstić information content (AvgIpc) is 3.42. The van der Waals surface area contributed by atoms with E-state index < -0.39 is 0 Å². The maximum absolute atomic E-state index is 12.4. The van der Waals surface area contributed by atoms with E-state index in [1.165, 1.54) is 19.3 Å². The summed E-state index contributed by atoms with van der Waals surface area (Å²) in [4.78, 5) is 35.2. The molecule has 0 saturated heterocycles. The molecule has 1 unspecified atom stereocenters. The smallest absolute Gasteiger partial charge is 0.409 e. The maximum Gasteiger partial charge on any atom is 0.409 e. The summed E-state index contributed by atoms with van der Waals surface area (Å²) in [6.45, 7) is 4.86. The van der Waals surface area contributed by atoms with Gasteiger partial charge in [0.2, 0.25) is 5.88 Å². The van der Waals surface area contributed by atoms with Crippen LogP contribution in [0.1, 0.15) is 56.8 Å². The lowest BCUT2D eigenvalue weighted by molar-refractivity contribution is -0.147. The minimum absolute atomic E-state index is 0.0893. The van der Waals surface area contributed by atoms with Crippen molar-refractivity contribution in [2.75, 3.05) is 20.2 Å². The summed E-state index contributed by atoms with van der Waals surface area (Å²) in [5.74, 6) is 0.758. The van der Waals surface area contributed by atoms with Crippen LogP contribution in [0.25, 0.3) is 11.3 Å². The third-order valence-corrected chi connectivity index (χ3v) is 6.92. The van der Waals surface area contributed by atoms with E-state index in [-0.39, 0.29) is 30.7 Å². The molecular formula is C25H35N5O5. The summed E-state index contributed by atoms with van der Waals surface area (Å²) < 4.78 is 18.4. The van der Waals surface area contributed by atoms with Gasteiger partial charge in [0.15, 0.2) is 0 Å². The molecule has 0 N–H and O–H groups in total. The van der Waals surface area contributed by atoms with Crippen LogP contribution >= 0.6 is 0 Å². The van der Waals surface area contributed by atoms with E-state index in [0.717, 1.165) is 30.6 Å². The molecule has 35 heavy (non-hydrogen) atoms. The predicted octanol–water partition coefficient (Wildman–Crippen LogP) is 3.66. The molecule has 4 rings (SSSR count). The Morgan fingerprint density at radius 1 is 1.17 bits per heavy atom. The highest BCUT2D eigenvalue weighted by atomic mass is 16.6. The van der Waals surface area contributed by atoms with Crippen LogP contribution in [-0.2, 0) is 27.9 Å². The first-order valence-corrected chi connectivity index (χ1v) is 12.4. The van der Waals surface area contributed by atoms with Crippen molar-refractivity contribution >= 4 is 12.1 Å². The Balaban J connectivity index is 1.38. The van der Waals surface area contributed by atoms with Crippen molar-refractivity contribution in [3.63, 3.8) is 0 Å². The van der Waals surface area contributed by atoms with Crippen molar-refractivity contribution in [2.24, 2.45) is 18.9 Å². The minimum Gasteiger partial charge on any atom is -0.473 e. The van der Waals surface area contributed by atoms with E-state index in [4.69, 9.17) is 14.2 Å². The largest absolute Gasteiger partial charge is 0.473 e. The van der Waals surface area contributed by atoms with Crippen molar-refractivity contribution in [3.8, 4) is 17.1 Å². The highest BCUT2D eigenvalue weighted by Crippen LogP contribution is 2.31. The highest BCUT2D eigenvalue weighted by Gasteiger charge is 2.33. The zero-order valence-corrected chi connectivity index (χ0v) is 21.0. The Hall–Kier alpha value is -3.17. The Labute approximate surface area is 206 Å². The van der Waals surface area contributed by atoms with Gasteiger partial charge in [0.05, 0.1) is 36.3 Å². The lowest BCUT2D eigenvalue weighted by atomic mass is 9.85. The molecule has 1 amide bonds. The molecule has 10 nitrogen and oxygen atoms in total. The van der Waals surface area contributed by atoms with Gasteiger partial charge in [0.1, 0.15) is 18.4 Å². The average molecular weight is 486 g/mol. The van der Waals surface area contributed by atoms with Crippen LogP contribution in [-0.4, -0.2) is 63.0 Å². The van der Waals surface area contributed by atoms with Gasteiger partial charge in [-0.2, -0.15) is 5.10 Å². The van der Waals surface area contributed by atoms with E-state index in [1.807, 2.05) is 20.9 Å². The zero-order chi connectivity index (χ0) is 24.9. The van der Waals surface area contributed by atoms with Crippen LogP contribution in [0.5, 0.6) is 5.88 Å². The number of aryl methyl sites for hydroxylation is 2. The molecule has 2 aromatic heterocycles. The predicted molar refractivity (Wildman–Crippen MR) is 128 cm³/mol. The number of carbonyl (C=O) groups is 2. The normalized spacial score (nSPS) is 19.8. The van der Waals surface area contributed by atoms with E-state index in [1.54, 1.807) is 29.0 Å². The molecule has 2 aromatic rings. The molecule has 0 spiro atoms. The number of ether oxygens (including phenoxy) is 3. The Morgan fingerprint density at radius 3 is 2.66 bits per heavy atom. The number of amides is 1. The van der Waals surface area contributed by atoms with Crippen LogP contribution in [0.15, 0.2) is 12.4 Å². The van der Waals surface area contributed by atoms with Crippen LogP contribution in [0.2, 0.25) is 0 Å². The monoisotopic (exact) mass is 485 g/mol. The first-order valence-electron chi connectivity index (χ1n) is 12.4.